The maximum Gasteiger partial charge on any atom is 0 e. The van der Waals surface area contributed by atoms with Gasteiger partial charge in [-0.05, 0) is 12.3 Å². The fourth-order valence-electron chi connectivity index (χ4n) is 0. The summed E-state index contributed by atoms with van der Waals surface area (Å²) in [6.45, 7) is 0. The van der Waals surface area contributed by atoms with E-state index in [0.717, 1.165) is 0 Å². The molecule has 58 valence electrons. The first-order chi connectivity index (χ1) is 3.46. The molecule has 0 aliphatic rings. The van der Waals surface area contributed by atoms with Gasteiger partial charge in [-0.15, -0.1) is 0 Å². The molecule has 0 amide bonds. The van der Waals surface area contributed by atoms with Crippen LogP contribution >= 0.6 is 0 Å². The zero-order valence-corrected chi connectivity index (χ0v) is 5.79. The molecule has 0 aromatic rings. The second kappa shape index (κ2) is 10.7. The second-order valence-corrected chi connectivity index (χ2v) is 0.500. The molecule has 6 nitrogen and oxygen atoms in total. The van der Waals surface area contributed by atoms with Crippen LogP contribution < -0.4 is 20.4 Å². The largest absolute Gasteiger partial charge is 0.652 e. The summed E-state index contributed by atoms with van der Waals surface area (Å²) in [6.07, 6.45) is -4.67. The summed E-state index contributed by atoms with van der Waals surface area (Å²) in [4.78, 5) is 16.7. The van der Waals surface area contributed by atoms with Gasteiger partial charge in [-0.25, -0.2) is 0 Å². The van der Waals surface area contributed by atoms with Gasteiger partial charge in [0.15, 0.2) is 0 Å². The molecular weight excluding hydrogens is 283 g/mol. The Labute approximate surface area is 80.1 Å². The van der Waals surface area contributed by atoms with Crippen LogP contribution in [-0.4, -0.2) is 12.3 Å². The number of hydrogen-bond acceptors (Lipinski definition) is 6. The summed E-state index contributed by atoms with van der Waals surface area (Å²) in [5, 5.41) is 33.3. The smallest absolute Gasteiger partial charge is 0 e. The number of hydrogen-bond donors (Lipinski definition) is 0. The van der Waals surface area contributed by atoms with Crippen LogP contribution in [0.15, 0.2) is 0 Å². The minimum absolute atomic E-state index is 0. The van der Waals surface area contributed by atoms with Gasteiger partial charge in [0.1, 0.15) is 0 Å². The topological polar surface area (TPSA) is 126 Å². The summed E-state index contributed by atoms with van der Waals surface area (Å²) in [5.74, 6) is 0. The molecular formula is C2DyO6-4. The minimum Gasteiger partial charge on any atom is -0.652 e. The first-order valence-corrected chi connectivity index (χ1v) is 1.22. The minimum atomic E-state index is -2.33. The Balaban J connectivity index is -0.0000000720. The van der Waals surface area contributed by atoms with Crippen molar-refractivity contribution in [1.82, 2.24) is 0 Å². The van der Waals surface area contributed by atoms with E-state index in [9.17, 15) is 0 Å². The van der Waals surface area contributed by atoms with Crippen molar-refractivity contribution in [2.75, 3.05) is 0 Å². The van der Waals surface area contributed by atoms with E-state index >= 15 is 0 Å². The van der Waals surface area contributed by atoms with E-state index in [1.54, 1.807) is 0 Å². The standard InChI is InChI=1S/2CH2O3.Dy/c2*2-1(3)4;/h2*(H2,2,3,4);/p-4. The third kappa shape index (κ3) is 7530. The van der Waals surface area contributed by atoms with Gasteiger partial charge in [0.2, 0.25) is 0 Å². The Morgan fingerprint density at radius 1 is 0.778 bits per heavy atom. The predicted molar refractivity (Wildman–Crippen MR) is 10.8 cm³/mol. The normalized spacial score (nSPS) is 5.33. The van der Waals surface area contributed by atoms with E-state index in [1.165, 1.54) is 0 Å². The van der Waals surface area contributed by atoms with Crippen LogP contribution in [0.1, 0.15) is 0 Å². The van der Waals surface area contributed by atoms with Gasteiger partial charge in [0.05, 0.1) is 0 Å². The maximum atomic E-state index is 8.33. The third-order valence-corrected chi connectivity index (χ3v) is 0. The van der Waals surface area contributed by atoms with Crippen LogP contribution in [0.2, 0.25) is 0 Å². The van der Waals surface area contributed by atoms with Gasteiger partial charge in [-0.2, -0.15) is 0 Å². The molecule has 0 spiro atoms. The summed E-state index contributed by atoms with van der Waals surface area (Å²) in [5.41, 5.74) is 0. The van der Waals surface area contributed by atoms with E-state index in [4.69, 9.17) is 30.0 Å². The maximum absolute atomic E-state index is 8.33. The Bertz CT molecular complexity index is 69.1. The predicted octanol–water partition coefficient (Wildman–Crippen LogP) is -4.89. The second-order valence-electron chi connectivity index (χ2n) is 0.500. The molecule has 0 bridgehead atoms. The van der Waals surface area contributed by atoms with Crippen LogP contribution in [0, 0.1) is 38.2 Å². The van der Waals surface area contributed by atoms with Crippen LogP contribution in [0.25, 0.3) is 0 Å². The van der Waals surface area contributed by atoms with Crippen molar-refractivity contribution in [3.05, 3.63) is 0 Å². The zero-order chi connectivity index (χ0) is 7.15. The summed E-state index contributed by atoms with van der Waals surface area (Å²) >= 11 is 0. The Morgan fingerprint density at radius 2 is 0.778 bits per heavy atom. The Hall–Kier alpha value is -0.187. The van der Waals surface area contributed by atoms with Crippen molar-refractivity contribution in [2.24, 2.45) is 0 Å². The van der Waals surface area contributed by atoms with Crippen molar-refractivity contribution >= 4 is 12.3 Å². The van der Waals surface area contributed by atoms with E-state index in [2.05, 4.69) is 0 Å². The molecule has 0 rings (SSSR count). The molecule has 0 N–H and O–H groups in total. The molecule has 0 saturated heterocycles. The summed E-state index contributed by atoms with van der Waals surface area (Å²) in [7, 11) is 0. The molecule has 0 unspecified atom stereocenters. The van der Waals surface area contributed by atoms with Crippen LogP contribution in [-0.2, 0) is 0 Å². The van der Waals surface area contributed by atoms with Gasteiger partial charge in [-0.3, -0.25) is 0 Å². The zero-order valence-electron chi connectivity index (χ0n) is 3.77. The van der Waals surface area contributed by atoms with E-state index in [1.807, 2.05) is 0 Å². The molecule has 0 heterocycles. The molecule has 0 fully saturated rings. The number of carbonyl (C=O) groups excluding carboxylic acids is 2. The van der Waals surface area contributed by atoms with Gasteiger partial charge in [-0.1, -0.05) is 0 Å². The molecule has 9 heavy (non-hydrogen) atoms. The molecule has 0 saturated carbocycles. The first kappa shape index (κ1) is 15.9. The fraction of sp³-hybridized carbons (Fsp3) is 0. The summed E-state index contributed by atoms with van der Waals surface area (Å²) in [6, 6.07) is 0. The summed E-state index contributed by atoms with van der Waals surface area (Å²) < 4.78 is 0. The van der Waals surface area contributed by atoms with Crippen molar-refractivity contribution < 1.29 is 68.2 Å². The molecule has 0 aromatic heterocycles. The average molecular weight is 283 g/mol. The molecule has 0 radical (unpaired) electrons. The number of carboxylic acid groups (broad SMARTS) is 4. The molecule has 0 atom stereocenters. The number of carbonyl (C=O) groups is 2. The van der Waals surface area contributed by atoms with Crippen molar-refractivity contribution in [3.8, 4) is 0 Å². The van der Waals surface area contributed by atoms with Gasteiger partial charge >= 0.3 is 0 Å². The molecule has 0 aliphatic carbocycles. The van der Waals surface area contributed by atoms with Gasteiger partial charge in [0.25, 0.3) is 0 Å². The number of rotatable bonds is 0. The van der Waals surface area contributed by atoms with Crippen molar-refractivity contribution in [3.63, 3.8) is 0 Å². The quantitative estimate of drug-likeness (QED) is 0.438. The Kier molecular flexibility index (Phi) is 19.0. The van der Waals surface area contributed by atoms with Crippen molar-refractivity contribution in [1.29, 1.82) is 0 Å². The monoisotopic (exact) mass is 284 g/mol. The SMILES string of the molecule is O=C([O-])[O-].O=C([O-])[O-].[Dy]. The molecule has 0 aromatic carbocycles. The van der Waals surface area contributed by atoms with Gasteiger partial charge in [0, 0.05) is 38.2 Å². The third-order valence-electron chi connectivity index (χ3n) is 0. The van der Waals surface area contributed by atoms with E-state index < -0.39 is 12.3 Å². The first-order valence-electron chi connectivity index (χ1n) is 1.22. The van der Waals surface area contributed by atoms with E-state index in [-0.39, 0.29) is 38.2 Å². The Morgan fingerprint density at radius 3 is 0.778 bits per heavy atom. The fourth-order valence-corrected chi connectivity index (χ4v) is 0. The average Bonchev–Trinajstić information content (AvgIpc) is 1.25. The van der Waals surface area contributed by atoms with Crippen LogP contribution in [0.5, 0.6) is 0 Å². The van der Waals surface area contributed by atoms with Crippen LogP contribution in [0.3, 0.4) is 0 Å². The van der Waals surface area contributed by atoms with Crippen molar-refractivity contribution in [2.45, 2.75) is 0 Å². The van der Waals surface area contributed by atoms with Crippen LogP contribution in [0.4, 0.5) is 9.59 Å². The van der Waals surface area contributed by atoms with Gasteiger partial charge < -0.3 is 30.0 Å². The van der Waals surface area contributed by atoms with E-state index in [0.29, 0.717) is 0 Å². The molecule has 7 heteroatoms. The molecule has 0 aliphatic heterocycles.